The Morgan fingerprint density at radius 2 is 2.26 bits per heavy atom. The molecule has 1 aliphatic heterocycles. The van der Waals surface area contributed by atoms with Crippen molar-refractivity contribution in [1.82, 2.24) is 10.3 Å². The zero-order valence-corrected chi connectivity index (χ0v) is 13.4. The SMILES string of the molecule is CC1Cc2c(c(F)cc3[nH]cc(C(C)CNC(=O)C(C)F)c23)O1. The highest BCUT2D eigenvalue weighted by atomic mass is 19.1. The molecule has 0 saturated carbocycles. The quantitative estimate of drug-likeness (QED) is 0.908. The lowest BCUT2D eigenvalue weighted by atomic mass is 9.95. The van der Waals surface area contributed by atoms with Gasteiger partial charge in [-0.15, -0.1) is 0 Å². The summed E-state index contributed by atoms with van der Waals surface area (Å²) in [6, 6.07) is 1.44. The summed E-state index contributed by atoms with van der Waals surface area (Å²) in [6.07, 6.45) is 0.881. The monoisotopic (exact) mass is 322 g/mol. The molecular formula is C17H20F2N2O2. The summed E-state index contributed by atoms with van der Waals surface area (Å²) >= 11 is 0. The number of ether oxygens (including phenoxy) is 1. The van der Waals surface area contributed by atoms with Crippen molar-refractivity contribution >= 4 is 16.8 Å². The van der Waals surface area contributed by atoms with Gasteiger partial charge in [-0.2, -0.15) is 0 Å². The van der Waals surface area contributed by atoms with Gasteiger partial charge in [0.2, 0.25) is 0 Å². The number of hydrogen-bond acceptors (Lipinski definition) is 2. The van der Waals surface area contributed by atoms with E-state index in [-0.39, 0.29) is 17.8 Å². The van der Waals surface area contributed by atoms with Crippen LogP contribution in [0.15, 0.2) is 12.3 Å². The van der Waals surface area contributed by atoms with Gasteiger partial charge < -0.3 is 15.0 Å². The van der Waals surface area contributed by atoms with Crippen LogP contribution in [0.1, 0.15) is 37.8 Å². The molecule has 3 unspecified atom stereocenters. The fraction of sp³-hybridized carbons (Fsp3) is 0.471. The Balaban J connectivity index is 1.93. The van der Waals surface area contributed by atoms with Gasteiger partial charge in [0, 0.05) is 47.6 Å². The van der Waals surface area contributed by atoms with Crippen LogP contribution in [0.25, 0.3) is 10.9 Å². The number of alkyl halides is 1. The Kier molecular flexibility index (Phi) is 4.00. The van der Waals surface area contributed by atoms with Gasteiger partial charge in [-0.25, -0.2) is 8.78 Å². The molecule has 6 heteroatoms. The van der Waals surface area contributed by atoms with Gasteiger partial charge in [-0.3, -0.25) is 4.79 Å². The van der Waals surface area contributed by atoms with Gasteiger partial charge in [0.05, 0.1) is 0 Å². The Morgan fingerprint density at radius 3 is 2.96 bits per heavy atom. The number of H-pyrrole nitrogens is 1. The first-order valence-corrected chi connectivity index (χ1v) is 7.79. The average molecular weight is 322 g/mol. The minimum Gasteiger partial charge on any atom is -0.487 e. The molecule has 0 bridgehead atoms. The van der Waals surface area contributed by atoms with Crippen LogP contribution in [0.5, 0.6) is 5.75 Å². The third kappa shape index (κ3) is 2.78. The lowest BCUT2D eigenvalue weighted by Gasteiger charge is -2.14. The Labute approximate surface area is 133 Å². The summed E-state index contributed by atoms with van der Waals surface area (Å²) < 4.78 is 32.6. The van der Waals surface area contributed by atoms with Crippen LogP contribution in [0, 0.1) is 5.82 Å². The van der Waals surface area contributed by atoms with Crippen LogP contribution in [-0.2, 0) is 11.2 Å². The van der Waals surface area contributed by atoms with E-state index < -0.39 is 12.1 Å². The number of aromatic nitrogens is 1. The van der Waals surface area contributed by atoms with E-state index >= 15 is 0 Å². The second kappa shape index (κ2) is 5.83. The van der Waals surface area contributed by atoms with Crippen molar-refractivity contribution in [2.24, 2.45) is 0 Å². The topological polar surface area (TPSA) is 54.1 Å². The molecule has 2 N–H and O–H groups in total. The number of amides is 1. The van der Waals surface area contributed by atoms with Crippen LogP contribution in [0.2, 0.25) is 0 Å². The standard InChI is InChI=1S/C17H20F2N2O2/c1-8(6-21-17(22)10(3)18)12-7-20-14-5-13(19)16-11(15(12)14)4-9(2)23-16/h5,7-10,20H,4,6H2,1-3H3,(H,21,22). The largest absolute Gasteiger partial charge is 0.487 e. The maximum Gasteiger partial charge on any atom is 0.254 e. The van der Waals surface area contributed by atoms with Crippen molar-refractivity contribution in [2.75, 3.05) is 6.54 Å². The number of rotatable bonds is 4. The fourth-order valence-corrected chi connectivity index (χ4v) is 3.10. The molecule has 4 nitrogen and oxygen atoms in total. The van der Waals surface area contributed by atoms with E-state index in [0.717, 1.165) is 16.5 Å². The lowest BCUT2D eigenvalue weighted by Crippen LogP contribution is -2.32. The molecule has 0 fully saturated rings. The van der Waals surface area contributed by atoms with E-state index in [1.54, 1.807) is 0 Å². The van der Waals surface area contributed by atoms with Crippen LogP contribution < -0.4 is 10.1 Å². The highest BCUT2D eigenvalue weighted by Gasteiger charge is 2.28. The molecule has 124 valence electrons. The van der Waals surface area contributed by atoms with Crippen molar-refractivity contribution in [2.45, 2.75) is 45.4 Å². The number of nitrogens with one attached hydrogen (secondary N) is 2. The Morgan fingerprint density at radius 1 is 1.52 bits per heavy atom. The summed E-state index contributed by atoms with van der Waals surface area (Å²) in [6.45, 7) is 5.38. The first-order chi connectivity index (χ1) is 10.9. The number of carbonyl (C=O) groups excluding carboxylic acids is 1. The summed E-state index contributed by atoms with van der Waals surface area (Å²) in [5.74, 6) is -0.696. The van der Waals surface area contributed by atoms with Crippen molar-refractivity contribution in [1.29, 1.82) is 0 Å². The normalized spacial score (nSPS) is 19.3. The number of benzene rings is 1. The van der Waals surface area contributed by atoms with Gasteiger partial charge in [-0.05, 0) is 19.4 Å². The molecule has 2 aromatic rings. The molecule has 1 amide bonds. The van der Waals surface area contributed by atoms with Crippen LogP contribution in [-0.4, -0.2) is 29.7 Å². The fourth-order valence-electron chi connectivity index (χ4n) is 3.10. The van der Waals surface area contributed by atoms with E-state index in [9.17, 15) is 13.6 Å². The summed E-state index contributed by atoms with van der Waals surface area (Å²) in [4.78, 5) is 14.5. The van der Waals surface area contributed by atoms with Gasteiger partial charge in [0.1, 0.15) is 6.10 Å². The number of fused-ring (bicyclic) bond motifs is 3. The van der Waals surface area contributed by atoms with Crippen molar-refractivity contribution < 1.29 is 18.3 Å². The number of carbonyl (C=O) groups is 1. The number of aromatic amines is 1. The molecule has 1 aromatic carbocycles. The van der Waals surface area contributed by atoms with Gasteiger partial charge >= 0.3 is 0 Å². The molecule has 1 aliphatic rings. The first-order valence-electron chi connectivity index (χ1n) is 7.79. The van der Waals surface area contributed by atoms with Crippen molar-refractivity contribution in [3.8, 4) is 5.75 Å². The second-order valence-corrected chi connectivity index (χ2v) is 6.23. The minimum atomic E-state index is -1.53. The Hall–Kier alpha value is -2.11. The lowest BCUT2D eigenvalue weighted by molar-refractivity contribution is -0.125. The third-order valence-corrected chi connectivity index (χ3v) is 4.29. The molecular weight excluding hydrogens is 302 g/mol. The zero-order chi connectivity index (χ0) is 16.7. The first kappa shape index (κ1) is 15.8. The van der Waals surface area contributed by atoms with E-state index in [1.807, 2.05) is 20.0 Å². The van der Waals surface area contributed by atoms with E-state index in [1.165, 1.54) is 13.0 Å². The molecule has 3 rings (SSSR count). The predicted octanol–water partition coefficient (Wildman–Crippen LogP) is 3.21. The summed E-state index contributed by atoms with van der Waals surface area (Å²) in [5, 5.41) is 3.53. The maximum atomic E-state index is 14.1. The third-order valence-electron chi connectivity index (χ3n) is 4.29. The molecule has 23 heavy (non-hydrogen) atoms. The minimum absolute atomic E-state index is 0.0306. The highest BCUT2D eigenvalue weighted by Crippen LogP contribution is 2.40. The van der Waals surface area contributed by atoms with E-state index in [2.05, 4.69) is 10.3 Å². The zero-order valence-electron chi connectivity index (χ0n) is 13.4. The Bertz CT molecular complexity index is 755. The maximum absolute atomic E-state index is 14.1. The van der Waals surface area contributed by atoms with Crippen LogP contribution in [0.4, 0.5) is 8.78 Å². The smallest absolute Gasteiger partial charge is 0.254 e. The molecule has 2 heterocycles. The highest BCUT2D eigenvalue weighted by molar-refractivity contribution is 5.90. The van der Waals surface area contributed by atoms with Crippen LogP contribution in [0.3, 0.4) is 0 Å². The molecule has 0 radical (unpaired) electrons. The number of halogens is 2. The van der Waals surface area contributed by atoms with Crippen molar-refractivity contribution in [3.63, 3.8) is 0 Å². The second-order valence-electron chi connectivity index (χ2n) is 6.23. The van der Waals surface area contributed by atoms with Gasteiger partial charge in [0.25, 0.3) is 5.91 Å². The summed E-state index contributed by atoms with van der Waals surface area (Å²) in [7, 11) is 0. The van der Waals surface area contributed by atoms with E-state index in [0.29, 0.717) is 24.2 Å². The predicted molar refractivity (Wildman–Crippen MR) is 84.0 cm³/mol. The molecule has 0 saturated heterocycles. The summed E-state index contributed by atoms with van der Waals surface area (Å²) in [5.41, 5.74) is 2.55. The molecule has 0 aliphatic carbocycles. The molecule has 1 aromatic heterocycles. The van der Waals surface area contributed by atoms with Gasteiger partial charge in [-0.1, -0.05) is 6.92 Å². The van der Waals surface area contributed by atoms with E-state index in [4.69, 9.17) is 4.74 Å². The van der Waals surface area contributed by atoms with Crippen molar-refractivity contribution in [3.05, 3.63) is 29.2 Å². The molecule has 0 spiro atoms. The van der Waals surface area contributed by atoms with Gasteiger partial charge in [0.15, 0.2) is 17.7 Å². The average Bonchev–Trinajstić information content (AvgIpc) is 3.07. The number of hydrogen-bond donors (Lipinski definition) is 2. The molecule has 3 atom stereocenters. The van der Waals surface area contributed by atoms with Crippen LogP contribution >= 0.6 is 0 Å².